The van der Waals surface area contributed by atoms with Crippen LogP contribution in [0.5, 0.6) is 11.8 Å². The fourth-order valence-corrected chi connectivity index (χ4v) is 4.45. The Morgan fingerprint density at radius 1 is 0.569 bits per heavy atom. The monoisotopic (exact) mass is 733 g/mol. The van der Waals surface area contributed by atoms with Crippen LogP contribution in [0.4, 0.5) is 48.3 Å². The normalized spacial score (nSPS) is 12.6. The minimum Gasteiger partial charge on any atom is -0.468 e. The first kappa shape index (κ1) is 36.7. The molecule has 0 unspecified atom stereocenters. The number of halogens is 11. The number of rotatable bonds is 8. The molecular weight excluding hydrogens is 711 g/mol. The number of aromatic nitrogens is 7. The van der Waals surface area contributed by atoms with E-state index in [0.29, 0.717) is 23.7 Å². The van der Waals surface area contributed by atoms with Crippen LogP contribution in [0, 0.1) is 5.82 Å². The zero-order chi connectivity index (χ0) is 37.4. The van der Waals surface area contributed by atoms with Crippen molar-refractivity contribution in [3.8, 4) is 34.1 Å². The summed E-state index contributed by atoms with van der Waals surface area (Å²) in [7, 11) is 0. The van der Waals surface area contributed by atoms with Gasteiger partial charge >= 0.3 is 12.4 Å². The van der Waals surface area contributed by atoms with E-state index in [1.807, 2.05) is 0 Å². The summed E-state index contributed by atoms with van der Waals surface area (Å²) in [6, 6.07) is 6.87. The van der Waals surface area contributed by atoms with Gasteiger partial charge in [0.25, 0.3) is 17.7 Å². The van der Waals surface area contributed by atoms with E-state index in [4.69, 9.17) is 0 Å². The lowest BCUT2D eigenvalue weighted by molar-refractivity contribution is -0.154. The van der Waals surface area contributed by atoms with Gasteiger partial charge in [-0.1, -0.05) is 0 Å². The number of hydrogen-bond acceptors (Lipinski definition) is 7. The summed E-state index contributed by atoms with van der Waals surface area (Å²) in [4.78, 5) is 19.0. The maximum atomic E-state index is 13.9. The van der Waals surface area contributed by atoms with Crippen molar-refractivity contribution < 1.29 is 57.8 Å². The van der Waals surface area contributed by atoms with Crippen LogP contribution in [-0.4, -0.2) is 59.3 Å². The van der Waals surface area contributed by atoms with Crippen LogP contribution in [0.15, 0.2) is 73.7 Å². The Balaban J connectivity index is 0.000000198. The highest BCUT2D eigenvalue weighted by Crippen LogP contribution is 2.31. The number of fused-ring (bicyclic) bond motifs is 2. The predicted molar refractivity (Wildman–Crippen MR) is 157 cm³/mol. The summed E-state index contributed by atoms with van der Waals surface area (Å²) in [5, 5.41) is 0. The minimum atomic E-state index is -4.64. The molecule has 0 aromatic carbocycles. The number of ether oxygens (including phenoxy) is 2. The Labute approximate surface area is 279 Å². The number of pyridine rings is 3. The zero-order valence-corrected chi connectivity index (χ0v) is 25.9. The van der Waals surface area contributed by atoms with Gasteiger partial charge in [-0.3, -0.25) is 13.8 Å². The van der Waals surface area contributed by atoms with E-state index in [1.165, 1.54) is 41.3 Å². The van der Waals surface area contributed by atoms with Gasteiger partial charge in [0.2, 0.25) is 5.88 Å². The van der Waals surface area contributed by atoms with Crippen molar-refractivity contribution in [1.29, 1.82) is 0 Å². The van der Waals surface area contributed by atoms with Crippen LogP contribution in [-0.2, 0) is 11.8 Å². The van der Waals surface area contributed by atoms with Crippen molar-refractivity contribution in [2.45, 2.75) is 38.0 Å². The molecule has 0 aliphatic carbocycles. The van der Waals surface area contributed by atoms with E-state index < -0.39 is 54.8 Å². The summed E-state index contributed by atoms with van der Waals surface area (Å²) in [5.41, 5.74) is 1.11. The molecule has 6 aromatic rings. The lowest BCUT2D eigenvalue weighted by Crippen LogP contribution is -2.20. The second-order valence-electron chi connectivity index (χ2n) is 10.9. The van der Waals surface area contributed by atoms with Crippen molar-refractivity contribution in [1.82, 2.24) is 33.7 Å². The fraction of sp³-hybridized carbons (Fsp3) is 0.258. The lowest BCUT2D eigenvalue weighted by atomic mass is 10.1. The van der Waals surface area contributed by atoms with E-state index in [2.05, 4.69) is 34.4 Å². The standard InChI is InChI=1S/C16H12F5N3O.C15H10F6N4O/c1-15(17,18)12-7-22-13-4-2-11(8-24(12)13)10-3-5-14(23-6-10)25-9-16(19,20)21;1-14(17,18)11-4-23-12-5-22-10(6-25(11)12)8-2-9(16)13(24-3-8)26-7-15(19,20)21/h2-8H,9H2,1H3;2-6H,7H2,1H3. The molecule has 0 saturated carbocycles. The van der Waals surface area contributed by atoms with Gasteiger partial charge in [0.15, 0.2) is 24.7 Å². The van der Waals surface area contributed by atoms with E-state index >= 15 is 0 Å². The van der Waals surface area contributed by atoms with Crippen molar-refractivity contribution in [3.63, 3.8) is 0 Å². The van der Waals surface area contributed by atoms with Crippen LogP contribution in [0.25, 0.3) is 33.7 Å². The molecule has 0 atom stereocenters. The Hall–Kier alpha value is -5.56. The molecule has 0 fully saturated rings. The highest BCUT2D eigenvalue weighted by molar-refractivity contribution is 5.64. The first-order chi connectivity index (χ1) is 23.7. The SMILES string of the molecule is CC(F)(F)c1cnc2ccc(-c3ccc(OCC(F)(F)F)nc3)cn12.CC(F)(F)c1cnc2cnc(-c3cnc(OCC(F)(F)F)c(F)c3)cn12. The molecule has 0 saturated heterocycles. The average molecular weight is 734 g/mol. The third kappa shape index (κ3) is 9.17. The van der Waals surface area contributed by atoms with Gasteiger partial charge in [0, 0.05) is 61.4 Å². The van der Waals surface area contributed by atoms with E-state index in [1.54, 1.807) is 12.1 Å². The number of imidazole rings is 2. The van der Waals surface area contributed by atoms with E-state index in [9.17, 15) is 48.3 Å². The molecule has 20 heteroatoms. The van der Waals surface area contributed by atoms with E-state index in [-0.39, 0.29) is 28.5 Å². The summed E-state index contributed by atoms with van der Waals surface area (Å²) >= 11 is 0. The minimum absolute atomic E-state index is 0.0721. The molecule has 0 aliphatic rings. The number of alkyl halides is 10. The molecule has 6 heterocycles. The Bertz CT molecular complexity index is 2130. The summed E-state index contributed by atoms with van der Waals surface area (Å²) in [6.07, 6.45) is -0.756. The molecule has 0 bridgehead atoms. The topological polar surface area (TPSA) is 91.7 Å². The van der Waals surface area contributed by atoms with Crippen LogP contribution < -0.4 is 9.47 Å². The van der Waals surface area contributed by atoms with Gasteiger partial charge in [-0.05, 0) is 24.3 Å². The summed E-state index contributed by atoms with van der Waals surface area (Å²) < 4.78 is 152. The average Bonchev–Trinajstić information content (AvgIpc) is 3.67. The molecule has 0 amide bonds. The first-order valence-electron chi connectivity index (χ1n) is 14.3. The van der Waals surface area contributed by atoms with Gasteiger partial charge in [-0.15, -0.1) is 0 Å². The van der Waals surface area contributed by atoms with Crippen LogP contribution in [0.1, 0.15) is 25.2 Å². The molecule has 270 valence electrons. The van der Waals surface area contributed by atoms with Crippen molar-refractivity contribution in [2.24, 2.45) is 0 Å². The third-order valence-corrected chi connectivity index (χ3v) is 6.73. The van der Waals surface area contributed by atoms with Crippen molar-refractivity contribution in [2.75, 3.05) is 13.2 Å². The first-order valence-corrected chi connectivity index (χ1v) is 14.3. The Morgan fingerprint density at radius 2 is 1.14 bits per heavy atom. The Morgan fingerprint density at radius 3 is 1.71 bits per heavy atom. The summed E-state index contributed by atoms with van der Waals surface area (Å²) in [5.74, 6) is -8.37. The molecule has 0 radical (unpaired) electrons. The zero-order valence-electron chi connectivity index (χ0n) is 25.9. The van der Waals surface area contributed by atoms with Gasteiger partial charge in [0.1, 0.15) is 17.0 Å². The third-order valence-electron chi connectivity index (χ3n) is 6.73. The molecule has 0 aliphatic heterocycles. The molecule has 0 N–H and O–H groups in total. The van der Waals surface area contributed by atoms with Gasteiger partial charge < -0.3 is 9.47 Å². The van der Waals surface area contributed by atoms with Crippen molar-refractivity contribution >= 4 is 11.3 Å². The predicted octanol–water partition coefficient (Wildman–Crippen LogP) is 8.43. The largest absolute Gasteiger partial charge is 0.468 e. The second-order valence-corrected chi connectivity index (χ2v) is 10.9. The highest BCUT2D eigenvalue weighted by atomic mass is 19.4. The molecule has 9 nitrogen and oxygen atoms in total. The van der Waals surface area contributed by atoms with Gasteiger partial charge in [0.05, 0.1) is 24.3 Å². The van der Waals surface area contributed by atoms with E-state index in [0.717, 1.165) is 36.0 Å². The van der Waals surface area contributed by atoms with Gasteiger partial charge in [-0.25, -0.2) is 24.3 Å². The van der Waals surface area contributed by atoms with Crippen molar-refractivity contribution in [3.05, 3.63) is 90.9 Å². The molecular formula is C31H22F11N7O2. The molecule has 6 aromatic heterocycles. The molecule has 0 spiro atoms. The van der Waals surface area contributed by atoms with Gasteiger partial charge in [-0.2, -0.15) is 43.9 Å². The fourth-order valence-electron chi connectivity index (χ4n) is 4.45. The van der Waals surface area contributed by atoms with Crippen LogP contribution >= 0.6 is 0 Å². The molecule has 51 heavy (non-hydrogen) atoms. The maximum absolute atomic E-state index is 13.9. The quantitative estimate of drug-likeness (QED) is 0.145. The maximum Gasteiger partial charge on any atom is 0.422 e. The Kier molecular flexibility index (Phi) is 9.81. The lowest BCUT2D eigenvalue weighted by Gasteiger charge is -2.11. The van der Waals surface area contributed by atoms with Crippen LogP contribution in [0.2, 0.25) is 0 Å². The smallest absolute Gasteiger partial charge is 0.422 e. The number of nitrogens with zero attached hydrogens (tertiary/aromatic N) is 7. The second kappa shape index (κ2) is 13.6. The summed E-state index contributed by atoms with van der Waals surface area (Å²) in [6.45, 7) is -1.65. The highest BCUT2D eigenvalue weighted by Gasteiger charge is 2.31. The van der Waals surface area contributed by atoms with Crippen LogP contribution in [0.3, 0.4) is 0 Å². The molecule has 6 rings (SSSR count). The number of hydrogen-bond donors (Lipinski definition) is 0.